The summed E-state index contributed by atoms with van der Waals surface area (Å²) < 4.78 is 2.29. The Balaban J connectivity index is 1.39. The lowest BCUT2D eigenvalue weighted by molar-refractivity contribution is -0.132. The molecule has 2 aromatic rings. The van der Waals surface area contributed by atoms with Crippen LogP contribution in [-0.4, -0.2) is 21.4 Å². The summed E-state index contributed by atoms with van der Waals surface area (Å²) in [4.78, 5) is 15.1. The van der Waals surface area contributed by atoms with Gasteiger partial charge in [0.2, 0.25) is 5.91 Å². The molecule has 1 amide bonds. The fourth-order valence-electron chi connectivity index (χ4n) is 4.28. The van der Waals surface area contributed by atoms with E-state index in [1.165, 1.54) is 49.8 Å². The first-order valence-corrected chi connectivity index (χ1v) is 10.3. The number of amides is 1. The van der Waals surface area contributed by atoms with Crippen molar-refractivity contribution in [3.05, 3.63) is 59.9 Å². The van der Waals surface area contributed by atoms with Crippen LogP contribution in [0.15, 0.2) is 48.7 Å². The minimum atomic E-state index is 0.367. The van der Waals surface area contributed by atoms with E-state index >= 15 is 0 Å². The minimum Gasteiger partial charge on any atom is -0.345 e. The van der Waals surface area contributed by atoms with Crippen LogP contribution in [0.1, 0.15) is 62.6 Å². The number of nitrogens with zero attached hydrogens (tertiary/aromatic N) is 2. The zero-order valence-corrected chi connectivity index (χ0v) is 15.6. The van der Waals surface area contributed by atoms with Gasteiger partial charge < -0.3 is 9.47 Å². The minimum absolute atomic E-state index is 0.367. The lowest BCUT2D eigenvalue weighted by Crippen LogP contribution is -2.33. The molecule has 0 aliphatic heterocycles. The third kappa shape index (κ3) is 4.38. The summed E-state index contributed by atoms with van der Waals surface area (Å²) in [6.45, 7) is 1.63. The Morgan fingerprint density at radius 3 is 2.50 bits per heavy atom. The zero-order valence-electron chi connectivity index (χ0n) is 15.6. The normalized spacial score (nSPS) is 17.5. The summed E-state index contributed by atoms with van der Waals surface area (Å²) in [5.41, 5.74) is 2.55. The monoisotopic (exact) mass is 350 g/mol. The standard InChI is InChI=1S/C23H30N2O/c26-23(15-12-19-7-4-5-8-19)25(21-13-14-21)18-22-11-6-16-24(22)17-20-9-2-1-3-10-20/h1-3,6,9-11,16,19,21H,4-5,7-8,12-15,17-18H2. The van der Waals surface area contributed by atoms with Crippen molar-refractivity contribution in [3.8, 4) is 0 Å². The largest absolute Gasteiger partial charge is 0.345 e. The van der Waals surface area contributed by atoms with E-state index in [0.29, 0.717) is 11.9 Å². The summed E-state index contributed by atoms with van der Waals surface area (Å²) >= 11 is 0. The Bertz CT molecular complexity index is 711. The van der Waals surface area contributed by atoms with Crippen LogP contribution in [-0.2, 0) is 17.9 Å². The van der Waals surface area contributed by atoms with Gasteiger partial charge in [0.15, 0.2) is 0 Å². The van der Waals surface area contributed by atoms with Gasteiger partial charge in [-0.3, -0.25) is 4.79 Å². The Hall–Kier alpha value is -2.03. The van der Waals surface area contributed by atoms with Gasteiger partial charge in [-0.1, -0.05) is 56.0 Å². The molecule has 138 valence electrons. The van der Waals surface area contributed by atoms with Crippen LogP contribution in [0.25, 0.3) is 0 Å². The van der Waals surface area contributed by atoms with Gasteiger partial charge in [0.05, 0.1) is 6.54 Å². The van der Waals surface area contributed by atoms with E-state index in [9.17, 15) is 4.79 Å². The summed E-state index contributed by atoms with van der Waals surface area (Å²) in [5, 5.41) is 0. The van der Waals surface area contributed by atoms with E-state index in [0.717, 1.165) is 31.8 Å². The van der Waals surface area contributed by atoms with Gasteiger partial charge in [-0.15, -0.1) is 0 Å². The van der Waals surface area contributed by atoms with Crippen molar-refractivity contribution in [2.24, 2.45) is 5.92 Å². The van der Waals surface area contributed by atoms with Crippen molar-refractivity contribution in [2.45, 2.75) is 70.5 Å². The molecule has 2 saturated carbocycles. The van der Waals surface area contributed by atoms with E-state index in [-0.39, 0.29) is 0 Å². The molecule has 4 rings (SSSR count). The molecule has 3 heteroatoms. The highest BCUT2D eigenvalue weighted by molar-refractivity contribution is 5.76. The fraction of sp³-hybridized carbons (Fsp3) is 0.522. The smallest absolute Gasteiger partial charge is 0.223 e. The molecule has 26 heavy (non-hydrogen) atoms. The lowest BCUT2D eigenvalue weighted by Gasteiger charge is -2.24. The number of hydrogen-bond donors (Lipinski definition) is 0. The van der Waals surface area contributed by atoms with Crippen LogP contribution in [0.2, 0.25) is 0 Å². The van der Waals surface area contributed by atoms with E-state index in [1.807, 2.05) is 0 Å². The van der Waals surface area contributed by atoms with Crippen LogP contribution < -0.4 is 0 Å². The summed E-state index contributed by atoms with van der Waals surface area (Å²) in [6, 6.07) is 15.3. The van der Waals surface area contributed by atoms with E-state index in [4.69, 9.17) is 0 Å². The number of benzene rings is 1. The first-order valence-electron chi connectivity index (χ1n) is 10.3. The van der Waals surface area contributed by atoms with Gasteiger partial charge in [-0.25, -0.2) is 0 Å². The van der Waals surface area contributed by atoms with Crippen LogP contribution in [0.5, 0.6) is 0 Å². The SMILES string of the molecule is O=C(CCC1CCCC1)N(Cc1cccn1Cc1ccccc1)C1CC1. The van der Waals surface area contributed by atoms with Crippen molar-refractivity contribution in [1.29, 1.82) is 0 Å². The molecule has 0 saturated heterocycles. The quantitative estimate of drug-likeness (QED) is 0.658. The van der Waals surface area contributed by atoms with E-state index < -0.39 is 0 Å². The highest BCUT2D eigenvalue weighted by atomic mass is 16.2. The number of carbonyl (C=O) groups is 1. The van der Waals surface area contributed by atoms with Crippen molar-refractivity contribution in [2.75, 3.05) is 0 Å². The second-order valence-electron chi connectivity index (χ2n) is 8.05. The summed E-state index contributed by atoms with van der Waals surface area (Å²) in [6.07, 6.45) is 11.7. The Labute approximate surface area is 157 Å². The highest BCUT2D eigenvalue weighted by Gasteiger charge is 2.33. The maximum atomic E-state index is 12.9. The molecule has 2 aliphatic rings. The molecule has 3 nitrogen and oxygen atoms in total. The molecular weight excluding hydrogens is 320 g/mol. The second-order valence-corrected chi connectivity index (χ2v) is 8.05. The first kappa shape index (κ1) is 17.4. The van der Waals surface area contributed by atoms with E-state index in [1.54, 1.807) is 0 Å². The highest BCUT2D eigenvalue weighted by Crippen LogP contribution is 2.32. The Kier molecular flexibility index (Phi) is 5.42. The van der Waals surface area contributed by atoms with Crippen LogP contribution in [0, 0.1) is 5.92 Å². The second kappa shape index (κ2) is 8.11. The molecule has 1 aromatic heterocycles. The average Bonchev–Trinajstić information content (AvgIpc) is 3.18. The van der Waals surface area contributed by atoms with Crippen LogP contribution >= 0.6 is 0 Å². The van der Waals surface area contributed by atoms with Gasteiger partial charge >= 0.3 is 0 Å². The first-order chi connectivity index (χ1) is 12.8. The van der Waals surface area contributed by atoms with Gasteiger partial charge in [0, 0.05) is 30.9 Å². The molecule has 2 fully saturated rings. The third-order valence-electron chi connectivity index (χ3n) is 6.00. The molecule has 0 bridgehead atoms. The average molecular weight is 351 g/mol. The predicted molar refractivity (Wildman–Crippen MR) is 105 cm³/mol. The molecule has 1 aromatic carbocycles. The molecule has 0 unspecified atom stereocenters. The molecular formula is C23H30N2O. The van der Waals surface area contributed by atoms with Crippen LogP contribution in [0.4, 0.5) is 0 Å². The molecule has 0 atom stereocenters. The fourth-order valence-corrected chi connectivity index (χ4v) is 4.28. The Morgan fingerprint density at radius 2 is 1.77 bits per heavy atom. The van der Waals surface area contributed by atoms with Crippen LogP contribution in [0.3, 0.4) is 0 Å². The molecule has 2 aliphatic carbocycles. The molecule has 0 N–H and O–H groups in total. The lowest BCUT2D eigenvalue weighted by atomic mass is 10.0. The number of carbonyl (C=O) groups excluding carboxylic acids is 1. The van der Waals surface area contributed by atoms with Gasteiger partial charge in [0.25, 0.3) is 0 Å². The Morgan fingerprint density at radius 1 is 1.00 bits per heavy atom. The number of aromatic nitrogens is 1. The molecule has 1 heterocycles. The van der Waals surface area contributed by atoms with Gasteiger partial charge in [-0.05, 0) is 42.9 Å². The van der Waals surface area contributed by atoms with Gasteiger partial charge in [-0.2, -0.15) is 0 Å². The maximum Gasteiger partial charge on any atom is 0.223 e. The van der Waals surface area contributed by atoms with Gasteiger partial charge in [0.1, 0.15) is 0 Å². The summed E-state index contributed by atoms with van der Waals surface area (Å²) in [7, 11) is 0. The van der Waals surface area contributed by atoms with E-state index in [2.05, 4.69) is 58.1 Å². The summed E-state index contributed by atoms with van der Waals surface area (Å²) in [5.74, 6) is 1.16. The predicted octanol–water partition coefficient (Wildman–Crippen LogP) is 5.00. The zero-order chi connectivity index (χ0) is 17.8. The maximum absolute atomic E-state index is 12.9. The number of hydrogen-bond acceptors (Lipinski definition) is 1. The molecule has 0 spiro atoms. The third-order valence-corrected chi connectivity index (χ3v) is 6.00. The van der Waals surface area contributed by atoms with Crippen molar-refractivity contribution < 1.29 is 4.79 Å². The number of rotatable bonds is 8. The molecule has 0 radical (unpaired) electrons. The van der Waals surface area contributed by atoms with Crippen molar-refractivity contribution in [3.63, 3.8) is 0 Å². The topological polar surface area (TPSA) is 25.2 Å². The van der Waals surface area contributed by atoms with Crippen molar-refractivity contribution >= 4 is 5.91 Å². The van der Waals surface area contributed by atoms with Crippen molar-refractivity contribution in [1.82, 2.24) is 9.47 Å².